The number of carbonyl (C=O) groups excluding carboxylic acids is 2. The molecule has 3 rings (SSSR count). The Labute approximate surface area is 189 Å². The van der Waals surface area contributed by atoms with Gasteiger partial charge in [0.25, 0.3) is 0 Å². The summed E-state index contributed by atoms with van der Waals surface area (Å²) in [5.74, 6) is 0.455. The van der Waals surface area contributed by atoms with Crippen LogP contribution in [-0.4, -0.2) is 18.7 Å². The van der Waals surface area contributed by atoms with Crippen molar-refractivity contribution in [2.75, 3.05) is 22.2 Å². The molecule has 3 aromatic rings. The number of halogens is 2. The van der Waals surface area contributed by atoms with Crippen molar-refractivity contribution in [1.29, 1.82) is 0 Å². The van der Waals surface area contributed by atoms with Crippen LogP contribution in [0.3, 0.4) is 0 Å². The minimum Gasteiger partial charge on any atom is -0.492 e. The van der Waals surface area contributed by atoms with E-state index in [4.69, 9.17) is 27.9 Å². The second kappa shape index (κ2) is 10.6. The Balaban J connectivity index is 1.82. The molecular weight excluding hydrogens is 439 g/mol. The number of rotatable bonds is 5. The van der Waals surface area contributed by atoms with Crippen LogP contribution in [0.5, 0.6) is 5.75 Å². The monoisotopic (exact) mass is 458 g/mol. The molecule has 7 nitrogen and oxygen atoms in total. The number of carbonyl (C=O) groups is 2. The lowest BCUT2D eigenvalue weighted by Gasteiger charge is -2.24. The van der Waals surface area contributed by atoms with Crippen LogP contribution in [0, 0.1) is 0 Å². The zero-order valence-electron chi connectivity index (χ0n) is 16.6. The Bertz CT molecular complexity index is 1060. The standard InChI is InChI=1S/C22H20Cl2N4O3/c1-2-31-20-12-11-16(24)14-19(20)26-22(30)28(18-9-4-3-5-10-18)27-21(29)25-17-8-6-7-15(23)13-17/h3-14H,2H2,1H3,(H,26,30)(H2,25,27,29). The van der Waals surface area contributed by atoms with Gasteiger partial charge >= 0.3 is 12.1 Å². The molecule has 3 aromatic carbocycles. The first-order valence-electron chi connectivity index (χ1n) is 9.38. The molecule has 0 saturated carbocycles. The lowest BCUT2D eigenvalue weighted by atomic mass is 10.3. The number of hydrogen-bond acceptors (Lipinski definition) is 3. The van der Waals surface area contributed by atoms with Gasteiger partial charge in [-0.05, 0) is 55.5 Å². The van der Waals surface area contributed by atoms with Crippen molar-refractivity contribution in [3.63, 3.8) is 0 Å². The summed E-state index contributed by atoms with van der Waals surface area (Å²) in [7, 11) is 0. The fraction of sp³-hybridized carbons (Fsp3) is 0.0909. The minimum absolute atomic E-state index is 0.373. The molecule has 0 atom stereocenters. The number of hydrogen-bond donors (Lipinski definition) is 3. The van der Waals surface area contributed by atoms with Gasteiger partial charge in [-0.1, -0.05) is 47.5 Å². The molecule has 3 N–H and O–H groups in total. The Morgan fingerprint density at radius 2 is 1.65 bits per heavy atom. The van der Waals surface area contributed by atoms with Crippen LogP contribution in [-0.2, 0) is 0 Å². The SMILES string of the molecule is CCOc1ccc(Cl)cc1NC(=O)N(NC(=O)Nc1cccc(Cl)c1)c1ccccc1. The normalized spacial score (nSPS) is 10.2. The molecule has 0 bridgehead atoms. The molecule has 9 heteroatoms. The van der Waals surface area contributed by atoms with E-state index >= 15 is 0 Å². The summed E-state index contributed by atoms with van der Waals surface area (Å²) in [4.78, 5) is 25.6. The van der Waals surface area contributed by atoms with Crippen LogP contribution in [0.4, 0.5) is 26.7 Å². The van der Waals surface area contributed by atoms with Gasteiger partial charge in [0.05, 0.1) is 18.0 Å². The van der Waals surface area contributed by atoms with Gasteiger partial charge in [-0.15, -0.1) is 0 Å². The second-order valence-corrected chi connectivity index (χ2v) is 7.12. The van der Waals surface area contributed by atoms with Gasteiger partial charge in [-0.2, -0.15) is 0 Å². The van der Waals surface area contributed by atoms with E-state index < -0.39 is 12.1 Å². The molecule has 0 aliphatic heterocycles. The summed E-state index contributed by atoms with van der Waals surface area (Å²) in [6.45, 7) is 2.24. The molecule has 0 radical (unpaired) electrons. The first kappa shape index (κ1) is 22.3. The van der Waals surface area contributed by atoms with E-state index in [1.807, 2.05) is 6.92 Å². The predicted octanol–water partition coefficient (Wildman–Crippen LogP) is 6.17. The fourth-order valence-corrected chi connectivity index (χ4v) is 3.05. The largest absolute Gasteiger partial charge is 0.492 e. The average Bonchev–Trinajstić information content (AvgIpc) is 2.74. The molecule has 0 aliphatic rings. The van der Waals surface area contributed by atoms with E-state index in [0.29, 0.717) is 39.5 Å². The van der Waals surface area contributed by atoms with E-state index in [2.05, 4.69) is 16.1 Å². The Kier molecular flexibility index (Phi) is 7.59. The van der Waals surface area contributed by atoms with Crippen molar-refractivity contribution in [1.82, 2.24) is 5.43 Å². The number of anilines is 3. The van der Waals surface area contributed by atoms with Crippen molar-refractivity contribution in [3.05, 3.63) is 82.8 Å². The van der Waals surface area contributed by atoms with E-state index in [1.165, 1.54) is 0 Å². The van der Waals surface area contributed by atoms with Crippen LogP contribution in [0.15, 0.2) is 72.8 Å². The molecule has 0 aliphatic carbocycles. The summed E-state index contributed by atoms with van der Waals surface area (Å²) in [5, 5.41) is 7.35. The maximum Gasteiger partial charge on any atom is 0.345 e. The van der Waals surface area contributed by atoms with Crippen molar-refractivity contribution < 1.29 is 14.3 Å². The molecule has 0 saturated heterocycles. The topological polar surface area (TPSA) is 82.7 Å². The first-order chi connectivity index (χ1) is 15.0. The molecule has 31 heavy (non-hydrogen) atoms. The molecule has 0 aromatic heterocycles. The van der Waals surface area contributed by atoms with E-state index in [-0.39, 0.29) is 0 Å². The van der Waals surface area contributed by atoms with Gasteiger partial charge < -0.3 is 15.4 Å². The lowest BCUT2D eigenvalue weighted by Crippen LogP contribution is -2.50. The average molecular weight is 459 g/mol. The van der Waals surface area contributed by atoms with Gasteiger partial charge in [-0.25, -0.2) is 20.0 Å². The summed E-state index contributed by atoms with van der Waals surface area (Å²) < 4.78 is 5.55. The number of nitrogens with one attached hydrogen (secondary N) is 3. The highest BCUT2D eigenvalue weighted by Gasteiger charge is 2.20. The van der Waals surface area contributed by atoms with Gasteiger partial charge in [0.1, 0.15) is 5.75 Å². The molecule has 160 valence electrons. The number of benzene rings is 3. The zero-order valence-corrected chi connectivity index (χ0v) is 18.1. The van der Waals surface area contributed by atoms with Gasteiger partial charge in [0.15, 0.2) is 0 Å². The molecule has 4 amide bonds. The summed E-state index contributed by atoms with van der Waals surface area (Å²) >= 11 is 12.0. The first-order valence-corrected chi connectivity index (χ1v) is 10.1. The van der Waals surface area contributed by atoms with Crippen LogP contribution in [0.2, 0.25) is 10.0 Å². The summed E-state index contributed by atoms with van der Waals surface area (Å²) in [6, 6.07) is 19.0. The maximum absolute atomic E-state index is 13.1. The van der Waals surface area contributed by atoms with Crippen LogP contribution < -0.4 is 25.8 Å². The Hall–Kier alpha value is -3.42. The minimum atomic E-state index is -0.627. The van der Waals surface area contributed by atoms with Crippen LogP contribution >= 0.6 is 23.2 Å². The summed E-state index contributed by atoms with van der Waals surface area (Å²) in [6.07, 6.45) is 0. The number of hydrazine groups is 1. The van der Waals surface area contributed by atoms with Crippen molar-refractivity contribution in [2.45, 2.75) is 6.92 Å². The smallest absolute Gasteiger partial charge is 0.345 e. The third-order valence-electron chi connectivity index (χ3n) is 4.00. The highest BCUT2D eigenvalue weighted by molar-refractivity contribution is 6.31. The Morgan fingerprint density at radius 1 is 0.903 bits per heavy atom. The number of nitrogens with zero attached hydrogens (tertiary/aromatic N) is 1. The number of para-hydroxylation sites is 1. The van der Waals surface area contributed by atoms with Gasteiger partial charge in [-0.3, -0.25) is 0 Å². The van der Waals surface area contributed by atoms with E-state index in [9.17, 15) is 9.59 Å². The third kappa shape index (κ3) is 6.28. The maximum atomic E-state index is 13.1. The number of amides is 4. The summed E-state index contributed by atoms with van der Waals surface area (Å²) in [5.41, 5.74) is 3.84. The second-order valence-electron chi connectivity index (χ2n) is 6.25. The predicted molar refractivity (Wildman–Crippen MR) is 124 cm³/mol. The molecular formula is C22H20Cl2N4O3. The zero-order chi connectivity index (χ0) is 22.2. The third-order valence-corrected chi connectivity index (χ3v) is 4.47. The van der Waals surface area contributed by atoms with Crippen molar-refractivity contribution in [3.8, 4) is 5.75 Å². The van der Waals surface area contributed by atoms with Gasteiger partial charge in [0.2, 0.25) is 0 Å². The fourth-order valence-electron chi connectivity index (χ4n) is 2.69. The molecule has 0 spiro atoms. The number of urea groups is 2. The van der Waals surface area contributed by atoms with Crippen LogP contribution in [0.25, 0.3) is 0 Å². The quantitative estimate of drug-likeness (QED) is 0.399. The number of ether oxygens (including phenoxy) is 1. The highest BCUT2D eigenvalue weighted by atomic mass is 35.5. The van der Waals surface area contributed by atoms with Crippen molar-refractivity contribution >= 4 is 52.3 Å². The van der Waals surface area contributed by atoms with Crippen molar-refractivity contribution in [2.24, 2.45) is 0 Å². The Morgan fingerprint density at radius 3 is 2.35 bits per heavy atom. The highest BCUT2D eigenvalue weighted by Crippen LogP contribution is 2.28. The molecule has 0 fully saturated rings. The van der Waals surface area contributed by atoms with E-state index in [0.717, 1.165) is 5.01 Å². The lowest BCUT2D eigenvalue weighted by molar-refractivity contribution is 0.243. The van der Waals surface area contributed by atoms with E-state index in [1.54, 1.807) is 72.8 Å². The van der Waals surface area contributed by atoms with Crippen LogP contribution in [0.1, 0.15) is 6.92 Å². The van der Waals surface area contributed by atoms with Gasteiger partial charge in [0, 0.05) is 15.7 Å². The molecule has 0 heterocycles. The molecule has 0 unspecified atom stereocenters.